The molecule has 1 saturated carbocycles. The number of rotatable bonds is 4. The summed E-state index contributed by atoms with van der Waals surface area (Å²) in [7, 11) is 0. The van der Waals surface area contributed by atoms with Gasteiger partial charge in [-0.3, -0.25) is 10.1 Å². The summed E-state index contributed by atoms with van der Waals surface area (Å²) in [6, 6.07) is -0.492. The highest BCUT2D eigenvalue weighted by molar-refractivity contribution is 5.74. The SMILES string of the molecule is C[C@@H](O)[C@H](NC1CC1)C(=O)O. The van der Waals surface area contributed by atoms with Crippen LogP contribution in [0, 0.1) is 0 Å². The molecule has 0 unspecified atom stereocenters. The Morgan fingerprint density at radius 1 is 1.64 bits per heavy atom. The van der Waals surface area contributed by atoms with Crippen LogP contribution in [0.5, 0.6) is 0 Å². The largest absolute Gasteiger partial charge is 0.480 e. The van der Waals surface area contributed by atoms with Crippen LogP contribution in [0.1, 0.15) is 19.8 Å². The first-order chi connectivity index (χ1) is 5.11. The zero-order chi connectivity index (χ0) is 8.43. The van der Waals surface area contributed by atoms with E-state index in [9.17, 15) is 4.79 Å². The molecule has 1 aliphatic rings. The lowest BCUT2D eigenvalue weighted by atomic mass is 10.2. The van der Waals surface area contributed by atoms with Gasteiger partial charge in [0.1, 0.15) is 6.04 Å². The Morgan fingerprint density at radius 3 is 2.45 bits per heavy atom. The number of carbonyl (C=O) groups is 1. The first-order valence-electron chi connectivity index (χ1n) is 3.78. The summed E-state index contributed by atoms with van der Waals surface area (Å²) < 4.78 is 0. The van der Waals surface area contributed by atoms with Crippen molar-refractivity contribution in [1.29, 1.82) is 0 Å². The molecule has 64 valence electrons. The summed E-state index contributed by atoms with van der Waals surface area (Å²) in [5.41, 5.74) is 0. The Labute approximate surface area is 65.2 Å². The number of carboxylic acid groups (broad SMARTS) is 1. The highest BCUT2D eigenvalue weighted by Gasteiger charge is 2.30. The van der Waals surface area contributed by atoms with Gasteiger partial charge in [-0.1, -0.05) is 0 Å². The number of carboxylic acids is 1. The van der Waals surface area contributed by atoms with Crippen molar-refractivity contribution in [3.63, 3.8) is 0 Å². The molecule has 0 spiro atoms. The van der Waals surface area contributed by atoms with E-state index < -0.39 is 18.1 Å². The van der Waals surface area contributed by atoms with E-state index >= 15 is 0 Å². The second-order valence-corrected chi connectivity index (χ2v) is 3.00. The van der Waals surface area contributed by atoms with E-state index in [1.54, 1.807) is 0 Å². The molecular formula is C7H13NO3. The molecule has 0 bridgehead atoms. The predicted octanol–water partition coefficient (Wildman–Crippen LogP) is -0.428. The van der Waals surface area contributed by atoms with Gasteiger partial charge in [-0.05, 0) is 19.8 Å². The summed E-state index contributed by atoms with van der Waals surface area (Å²) in [5, 5.41) is 20.5. The molecule has 0 amide bonds. The maximum atomic E-state index is 10.5. The van der Waals surface area contributed by atoms with E-state index in [1.165, 1.54) is 6.92 Å². The van der Waals surface area contributed by atoms with Crippen molar-refractivity contribution in [1.82, 2.24) is 5.32 Å². The summed E-state index contributed by atoms with van der Waals surface area (Å²) in [5.74, 6) is -0.980. The molecule has 0 radical (unpaired) electrons. The van der Waals surface area contributed by atoms with Gasteiger partial charge < -0.3 is 10.2 Å². The van der Waals surface area contributed by atoms with Crippen LogP contribution >= 0.6 is 0 Å². The molecule has 3 N–H and O–H groups in total. The fraction of sp³-hybridized carbons (Fsp3) is 0.857. The van der Waals surface area contributed by atoms with Crippen molar-refractivity contribution in [3.05, 3.63) is 0 Å². The summed E-state index contributed by atoms with van der Waals surface area (Å²) in [6.07, 6.45) is 1.22. The van der Waals surface area contributed by atoms with E-state index in [1.807, 2.05) is 0 Å². The van der Waals surface area contributed by atoms with Crippen molar-refractivity contribution in [2.75, 3.05) is 0 Å². The third-order valence-electron chi connectivity index (χ3n) is 1.74. The minimum absolute atomic E-state index is 0.311. The van der Waals surface area contributed by atoms with Crippen LogP contribution < -0.4 is 5.32 Å². The minimum atomic E-state index is -0.980. The molecule has 1 aliphatic carbocycles. The van der Waals surface area contributed by atoms with Crippen LogP contribution in [0.2, 0.25) is 0 Å². The van der Waals surface area contributed by atoms with Gasteiger partial charge in [-0.15, -0.1) is 0 Å². The monoisotopic (exact) mass is 159 g/mol. The fourth-order valence-corrected chi connectivity index (χ4v) is 0.921. The maximum absolute atomic E-state index is 10.5. The molecule has 0 saturated heterocycles. The number of nitrogens with one attached hydrogen (secondary N) is 1. The van der Waals surface area contributed by atoms with Crippen molar-refractivity contribution < 1.29 is 15.0 Å². The number of aliphatic hydroxyl groups is 1. The number of aliphatic hydroxyl groups excluding tert-OH is 1. The van der Waals surface area contributed by atoms with Crippen molar-refractivity contribution in [3.8, 4) is 0 Å². The predicted molar refractivity (Wildman–Crippen MR) is 39.3 cm³/mol. The molecular weight excluding hydrogens is 146 g/mol. The van der Waals surface area contributed by atoms with Crippen LogP contribution in [0.25, 0.3) is 0 Å². The van der Waals surface area contributed by atoms with Crippen LogP contribution in [-0.4, -0.2) is 34.4 Å². The average Bonchev–Trinajstić information content (AvgIpc) is 2.63. The lowest BCUT2D eigenvalue weighted by Crippen LogP contribution is -2.45. The molecule has 1 fully saturated rings. The molecule has 1 rings (SSSR count). The Kier molecular flexibility index (Phi) is 2.46. The Hall–Kier alpha value is -0.610. The molecule has 0 aliphatic heterocycles. The lowest BCUT2D eigenvalue weighted by molar-refractivity contribution is -0.142. The normalized spacial score (nSPS) is 22.7. The molecule has 11 heavy (non-hydrogen) atoms. The second kappa shape index (κ2) is 3.19. The molecule has 0 aromatic carbocycles. The topological polar surface area (TPSA) is 69.6 Å². The molecule has 4 heteroatoms. The van der Waals surface area contributed by atoms with Crippen LogP contribution in [-0.2, 0) is 4.79 Å². The quantitative estimate of drug-likeness (QED) is 0.520. The van der Waals surface area contributed by atoms with Gasteiger partial charge in [-0.25, -0.2) is 0 Å². The molecule has 0 aromatic heterocycles. The van der Waals surface area contributed by atoms with Crippen molar-refractivity contribution >= 4 is 5.97 Å². The Balaban J connectivity index is 2.37. The highest BCUT2D eigenvalue weighted by atomic mass is 16.4. The molecule has 4 nitrogen and oxygen atoms in total. The summed E-state index contributed by atoms with van der Waals surface area (Å²) >= 11 is 0. The van der Waals surface area contributed by atoms with Gasteiger partial charge in [0.25, 0.3) is 0 Å². The molecule has 2 atom stereocenters. The first-order valence-corrected chi connectivity index (χ1v) is 3.78. The van der Waals surface area contributed by atoms with E-state index in [0.29, 0.717) is 6.04 Å². The Bertz CT molecular complexity index is 154. The standard InChI is InChI=1S/C7H13NO3/c1-4(9)6(7(10)11)8-5-2-3-5/h4-6,8-9H,2-3H2,1H3,(H,10,11)/t4-,6+/m1/s1. The smallest absolute Gasteiger partial charge is 0.323 e. The van der Waals surface area contributed by atoms with Gasteiger partial charge >= 0.3 is 5.97 Å². The van der Waals surface area contributed by atoms with Crippen LogP contribution in [0.4, 0.5) is 0 Å². The summed E-state index contributed by atoms with van der Waals surface area (Å²) in [4.78, 5) is 10.5. The van der Waals surface area contributed by atoms with Gasteiger partial charge in [0.15, 0.2) is 0 Å². The van der Waals surface area contributed by atoms with Crippen LogP contribution in [0.15, 0.2) is 0 Å². The number of hydrogen-bond acceptors (Lipinski definition) is 3. The van der Waals surface area contributed by atoms with Gasteiger partial charge in [0, 0.05) is 6.04 Å². The zero-order valence-corrected chi connectivity index (χ0v) is 6.45. The van der Waals surface area contributed by atoms with Crippen molar-refractivity contribution in [2.45, 2.75) is 38.0 Å². The summed E-state index contributed by atoms with van der Waals surface area (Å²) in [6.45, 7) is 1.48. The average molecular weight is 159 g/mol. The molecule has 0 heterocycles. The van der Waals surface area contributed by atoms with Crippen molar-refractivity contribution in [2.24, 2.45) is 0 Å². The van der Waals surface area contributed by atoms with E-state index in [2.05, 4.69) is 5.32 Å². The van der Waals surface area contributed by atoms with Gasteiger partial charge in [0.05, 0.1) is 6.10 Å². The minimum Gasteiger partial charge on any atom is -0.480 e. The van der Waals surface area contributed by atoms with E-state index in [4.69, 9.17) is 10.2 Å². The van der Waals surface area contributed by atoms with E-state index in [0.717, 1.165) is 12.8 Å². The molecule has 0 aromatic rings. The first kappa shape index (κ1) is 8.49. The Morgan fingerprint density at radius 2 is 2.18 bits per heavy atom. The van der Waals surface area contributed by atoms with Crippen LogP contribution in [0.3, 0.4) is 0 Å². The number of hydrogen-bond donors (Lipinski definition) is 3. The maximum Gasteiger partial charge on any atom is 0.323 e. The number of aliphatic carboxylic acids is 1. The third kappa shape index (κ3) is 2.48. The lowest BCUT2D eigenvalue weighted by Gasteiger charge is -2.15. The highest BCUT2D eigenvalue weighted by Crippen LogP contribution is 2.19. The third-order valence-corrected chi connectivity index (χ3v) is 1.74. The van der Waals surface area contributed by atoms with E-state index in [-0.39, 0.29) is 0 Å². The van der Waals surface area contributed by atoms with Gasteiger partial charge in [0.2, 0.25) is 0 Å². The fourth-order valence-electron chi connectivity index (χ4n) is 0.921. The zero-order valence-electron chi connectivity index (χ0n) is 6.45. The second-order valence-electron chi connectivity index (χ2n) is 3.00. The van der Waals surface area contributed by atoms with Gasteiger partial charge in [-0.2, -0.15) is 0 Å².